The van der Waals surface area contributed by atoms with E-state index in [9.17, 15) is 4.79 Å². The first-order valence-electron chi connectivity index (χ1n) is 11.4. The molecule has 0 saturated carbocycles. The van der Waals surface area contributed by atoms with Gasteiger partial charge in [-0.25, -0.2) is 0 Å². The summed E-state index contributed by atoms with van der Waals surface area (Å²) in [6.45, 7) is 5.79. The number of halogens is 2. The lowest BCUT2D eigenvalue weighted by Crippen LogP contribution is -2.55. The highest BCUT2D eigenvalue weighted by atomic mass is 35.5. The number of nitrogens with two attached hydrogens (primary N) is 1. The molecular formula is C25H34Cl2N4O2. The van der Waals surface area contributed by atoms with E-state index in [4.69, 9.17) is 22.1 Å². The molecular weight excluding hydrogens is 459 g/mol. The zero-order valence-electron chi connectivity index (χ0n) is 19.2. The average molecular weight is 493 g/mol. The second-order valence-electron chi connectivity index (χ2n) is 8.74. The Morgan fingerprint density at radius 2 is 1.76 bits per heavy atom. The van der Waals surface area contributed by atoms with Crippen LogP contribution < -0.4 is 15.4 Å². The molecule has 0 bridgehead atoms. The van der Waals surface area contributed by atoms with Crippen LogP contribution in [0.2, 0.25) is 5.02 Å². The summed E-state index contributed by atoms with van der Waals surface area (Å²) in [4.78, 5) is 19.7. The molecule has 2 saturated heterocycles. The highest BCUT2D eigenvalue weighted by Crippen LogP contribution is 2.27. The van der Waals surface area contributed by atoms with Crippen LogP contribution in [-0.4, -0.2) is 68.1 Å². The standard InChI is InChI=1S/C25H33ClN4O2.ClH/c1-32-23-8-3-2-5-20(23)18-28-13-15-30(16-14-28)25(31)24(27)19-9-11-29(12-10-19)22-7-4-6-21(26)17-22;/h2-8,17,19,24H,9-16,18,27H2,1H3;1H/t24-;/m1./s1. The summed E-state index contributed by atoms with van der Waals surface area (Å²) in [5.74, 6) is 1.24. The number of carbonyl (C=O) groups excluding carboxylic acids is 1. The Labute approximate surface area is 208 Å². The van der Waals surface area contributed by atoms with Gasteiger partial charge in [0.2, 0.25) is 5.91 Å². The van der Waals surface area contributed by atoms with E-state index in [1.807, 2.05) is 41.3 Å². The van der Waals surface area contributed by atoms with Gasteiger partial charge in [0, 0.05) is 62.1 Å². The van der Waals surface area contributed by atoms with Gasteiger partial charge >= 0.3 is 0 Å². The Morgan fingerprint density at radius 1 is 1.06 bits per heavy atom. The minimum Gasteiger partial charge on any atom is -0.496 e. The van der Waals surface area contributed by atoms with Crippen molar-refractivity contribution in [3.8, 4) is 5.75 Å². The van der Waals surface area contributed by atoms with Gasteiger partial charge in [0.15, 0.2) is 0 Å². The molecule has 6 nitrogen and oxygen atoms in total. The third-order valence-electron chi connectivity index (χ3n) is 6.78. The fraction of sp³-hybridized carbons (Fsp3) is 0.480. The first-order chi connectivity index (χ1) is 15.5. The summed E-state index contributed by atoms with van der Waals surface area (Å²) in [5, 5.41) is 0.751. The fourth-order valence-corrected chi connectivity index (χ4v) is 4.99. The van der Waals surface area contributed by atoms with E-state index in [2.05, 4.69) is 21.9 Å². The number of carbonyl (C=O) groups is 1. The van der Waals surface area contributed by atoms with E-state index in [0.29, 0.717) is 0 Å². The van der Waals surface area contributed by atoms with Gasteiger partial charge in [-0.05, 0) is 43.0 Å². The van der Waals surface area contributed by atoms with Crippen molar-refractivity contribution in [2.24, 2.45) is 11.7 Å². The maximum atomic E-state index is 13.1. The number of piperazine rings is 1. The predicted octanol–water partition coefficient (Wildman–Crippen LogP) is 3.66. The van der Waals surface area contributed by atoms with Crippen molar-refractivity contribution in [2.75, 3.05) is 51.3 Å². The van der Waals surface area contributed by atoms with Crippen LogP contribution in [0.1, 0.15) is 18.4 Å². The molecule has 2 aliphatic rings. The summed E-state index contributed by atoms with van der Waals surface area (Å²) in [6, 6.07) is 15.6. The topological polar surface area (TPSA) is 62.0 Å². The summed E-state index contributed by atoms with van der Waals surface area (Å²) in [7, 11) is 1.70. The number of amides is 1. The van der Waals surface area contributed by atoms with E-state index in [1.165, 1.54) is 5.56 Å². The van der Waals surface area contributed by atoms with Crippen LogP contribution >= 0.6 is 24.0 Å². The minimum atomic E-state index is -0.419. The lowest BCUT2D eigenvalue weighted by Gasteiger charge is -2.39. The number of hydrogen-bond donors (Lipinski definition) is 1. The highest BCUT2D eigenvalue weighted by molar-refractivity contribution is 6.30. The van der Waals surface area contributed by atoms with Gasteiger partial charge in [-0.15, -0.1) is 12.4 Å². The lowest BCUT2D eigenvalue weighted by atomic mass is 9.88. The summed E-state index contributed by atoms with van der Waals surface area (Å²) in [5.41, 5.74) is 8.79. The summed E-state index contributed by atoms with van der Waals surface area (Å²) in [6.07, 6.45) is 1.85. The highest BCUT2D eigenvalue weighted by Gasteiger charge is 2.32. The molecule has 2 aromatic rings. The number of anilines is 1. The Balaban J connectivity index is 0.00000306. The van der Waals surface area contributed by atoms with Gasteiger partial charge in [-0.3, -0.25) is 9.69 Å². The van der Waals surface area contributed by atoms with Gasteiger partial charge in [0.05, 0.1) is 13.2 Å². The Morgan fingerprint density at radius 3 is 2.42 bits per heavy atom. The molecule has 1 atom stereocenters. The molecule has 0 unspecified atom stereocenters. The van der Waals surface area contributed by atoms with Crippen molar-refractivity contribution >= 4 is 35.6 Å². The molecule has 180 valence electrons. The molecule has 0 aromatic heterocycles. The lowest BCUT2D eigenvalue weighted by molar-refractivity contribution is -0.135. The second kappa shape index (κ2) is 11.9. The van der Waals surface area contributed by atoms with E-state index in [1.54, 1.807) is 7.11 Å². The smallest absolute Gasteiger partial charge is 0.239 e. The number of para-hydroxylation sites is 1. The molecule has 0 spiro atoms. The van der Waals surface area contributed by atoms with E-state index in [0.717, 1.165) is 75.1 Å². The van der Waals surface area contributed by atoms with Crippen molar-refractivity contribution in [3.05, 3.63) is 59.1 Å². The van der Waals surface area contributed by atoms with Crippen molar-refractivity contribution in [1.82, 2.24) is 9.80 Å². The molecule has 2 aliphatic heterocycles. The monoisotopic (exact) mass is 492 g/mol. The zero-order valence-corrected chi connectivity index (χ0v) is 20.7. The quantitative estimate of drug-likeness (QED) is 0.666. The number of ether oxygens (including phenoxy) is 1. The van der Waals surface area contributed by atoms with Crippen LogP contribution in [0.4, 0.5) is 5.69 Å². The molecule has 2 fully saturated rings. The fourth-order valence-electron chi connectivity index (χ4n) is 4.80. The molecule has 8 heteroatoms. The number of nitrogens with zero attached hydrogens (tertiary/aromatic N) is 3. The number of benzene rings is 2. The molecule has 1 amide bonds. The molecule has 0 radical (unpaired) electrons. The minimum absolute atomic E-state index is 0. The van der Waals surface area contributed by atoms with Crippen molar-refractivity contribution in [3.63, 3.8) is 0 Å². The van der Waals surface area contributed by atoms with Crippen LogP contribution in [0.25, 0.3) is 0 Å². The van der Waals surface area contributed by atoms with Crippen LogP contribution in [0.5, 0.6) is 5.75 Å². The first kappa shape index (κ1) is 25.6. The average Bonchev–Trinajstić information content (AvgIpc) is 2.84. The van der Waals surface area contributed by atoms with Gasteiger partial charge in [0.1, 0.15) is 5.75 Å². The van der Waals surface area contributed by atoms with Crippen molar-refractivity contribution in [1.29, 1.82) is 0 Å². The molecule has 2 N–H and O–H groups in total. The zero-order chi connectivity index (χ0) is 22.5. The van der Waals surface area contributed by atoms with E-state index >= 15 is 0 Å². The van der Waals surface area contributed by atoms with Gasteiger partial charge in [-0.1, -0.05) is 35.9 Å². The summed E-state index contributed by atoms with van der Waals surface area (Å²) < 4.78 is 5.47. The largest absolute Gasteiger partial charge is 0.496 e. The van der Waals surface area contributed by atoms with E-state index < -0.39 is 6.04 Å². The van der Waals surface area contributed by atoms with Gasteiger partial charge < -0.3 is 20.3 Å². The van der Waals surface area contributed by atoms with Crippen LogP contribution in [-0.2, 0) is 11.3 Å². The molecule has 2 heterocycles. The molecule has 2 aromatic carbocycles. The first-order valence-corrected chi connectivity index (χ1v) is 11.8. The Hall–Kier alpha value is -1.99. The maximum absolute atomic E-state index is 13.1. The third kappa shape index (κ3) is 6.33. The normalized spacial score (nSPS) is 18.5. The summed E-state index contributed by atoms with van der Waals surface area (Å²) >= 11 is 6.13. The van der Waals surface area contributed by atoms with Crippen LogP contribution in [0, 0.1) is 5.92 Å². The van der Waals surface area contributed by atoms with E-state index in [-0.39, 0.29) is 24.2 Å². The molecule has 0 aliphatic carbocycles. The Kier molecular flexibility index (Phi) is 9.27. The third-order valence-corrected chi connectivity index (χ3v) is 7.01. The number of piperidine rings is 1. The van der Waals surface area contributed by atoms with Crippen LogP contribution in [0.15, 0.2) is 48.5 Å². The second-order valence-corrected chi connectivity index (χ2v) is 9.18. The number of hydrogen-bond acceptors (Lipinski definition) is 5. The van der Waals surface area contributed by atoms with Crippen molar-refractivity contribution in [2.45, 2.75) is 25.4 Å². The van der Waals surface area contributed by atoms with Gasteiger partial charge in [0.25, 0.3) is 0 Å². The molecule has 4 rings (SSSR count). The maximum Gasteiger partial charge on any atom is 0.239 e. The van der Waals surface area contributed by atoms with Crippen LogP contribution in [0.3, 0.4) is 0 Å². The van der Waals surface area contributed by atoms with Gasteiger partial charge in [-0.2, -0.15) is 0 Å². The number of methoxy groups -OCH3 is 1. The Bertz CT molecular complexity index is 913. The predicted molar refractivity (Wildman–Crippen MR) is 136 cm³/mol. The molecule has 33 heavy (non-hydrogen) atoms. The SMILES string of the molecule is COc1ccccc1CN1CCN(C(=O)[C@H](N)C2CCN(c3cccc(Cl)c3)CC2)CC1.Cl. The van der Waals surface area contributed by atoms with Crippen molar-refractivity contribution < 1.29 is 9.53 Å². The number of rotatable bonds is 6.